The van der Waals surface area contributed by atoms with Gasteiger partial charge in [-0.1, -0.05) is 12.1 Å². The second-order valence-corrected chi connectivity index (χ2v) is 4.03. The molecule has 0 aliphatic rings. The Balaban J connectivity index is 2.58. The number of nitrogens with one attached hydrogen (secondary N) is 1. The van der Waals surface area contributed by atoms with Crippen molar-refractivity contribution in [3.8, 4) is 0 Å². The van der Waals surface area contributed by atoms with Crippen LogP contribution >= 0.6 is 0 Å². The fourth-order valence-electron chi connectivity index (χ4n) is 1.73. The van der Waals surface area contributed by atoms with Gasteiger partial charge < -0.3 is 15.0 Å². The summed E-state index contributed by atoms with van der Waals surface area (Å²) < 4.78 is 18.2. The first-order valence-electron chi connectivity index (χ1n) is 5.81. The number of rotatable bonds is 6. The molecule has 1 aromatic carbocycles. The number of methoxy groups -OCH3 is 1. The zero-order chi connectivity index (χ0) is 13.5. The molecule has 0 radical (unpaired) electrons. The number of hydrogen-bond acceptors (Lipinski definition) is 4. The van der Waals surface area contributed by atoms with E-state index in [0.717, 1.165) is 0 Å². The van der Waals surface area contributed by atoms with Gasteiger partial charge in [0.05, 0.1) is 12.8 Å². The van der Waals surface area contributed by atoms with Gasteiger partial charge in [0.1, 0.15) is 11.9 Å². The van der Waals surface area contributed by atoms with Crippen LogP contribution in [0.15, 0.2) is 24.3 Å². The maximum absolute atomic E-state index is 13.5. The Kier molecular flexibility index (Phi) is 5.58. The molecule has 0 saturated heterocycles. The summed E-state index contributed by atoms with van der Waals surface area (Å²) in [5.74, 6) is -0.571. The number of benzene rings is 1. The molecular formula is C13H19FN2O2. The van der Waals surface area contributed by atoms with Crippen molar-refractivity contribution in [2.24, 2.45) is 0 Å². The largest absolute Gasteiger partial charge is 0.468 e. The first-order chi connectivity index (χ1) is 8.60. The standard InChI is InChI=1S/C13H19FN2O2/c1-15-11(13(17)18-3)8-9-16(2)12-7-5-4-6-10(12)14/h4-7,11,15H,8-9H2,1-3H3. The van der Waals surface area contributed by atoms with Crippen molar-refractivity contribution in [2.45, 2.75) is 12.5 Å². The zero-order valence-corrected chi connectivity index (χ0v) is 10.9. The lowest BCUT2D eigenvalue weighted by atomic mass is 10.2. The van der Waals surface area contributed by atoms with Crippen LogP contribution in [0.3, 0.4) is 0 Å². The molecule has 0 heterocycles. The molecule has 4 nitrogen and oxygen atoms in total. The number of likely N-dealkylation sites (N-methyl/N-ethyl adjacent to an activating group) is 1. The highest BCUT2D eigenvalue weighted by Crippen LogP contribution is 2.17. The van der Waals surface area contributed by atoms with Gasteiger partial charge in [-0.25, -0.2) is 4.39 Å². The van der Waals surface area contributed by atoms with E-state index in [9.17, 15) is 9.18 Å². The fourth-order valence-corrected chi connectivity index (χ4v) is 1.73. The summed E-state index contributed by atoms with van der Waals surface area (Å²) in [5, 5.41) is 2.88. The summed E-state index contributed by atoms with van der Waals surface area (Å²) in [6, 6.07) is 6.19. The molecule has 1 aromatic rings. The predicted molar refractivity (Wildman–Crippen MR) is 69.2 cm³/mol. The summed E-state index contributed by atoms with van der Waals surface area (Å²) in [6.45, 7) is 0.557. The minimum absolute atomic E-state index is 0.265. The number of esters is 1. The maximum Gasteiger partial charge on any atom is 0.322 e. The number of para-hydroxylation sites is 1. The van der Waals surface area contributed by atoms with Gasteiger partial charge >= 0.3 is 5.97 Å². The van der Waals surface area contributed by atoms with E-state index in [2.05, 4.69) is 10.1 Å². The van der Waals surface area contributed by atoms with Gasteiger partial charge in [0.2, 0.25) is 0 Å². The average Bonchev–Trinajstić information content (AvgIpc) is 2.39. The lowest BCUT2D eigenvalue weighted by Gasteiger charge is -2.22. The Morgan fingerprint density at radius 3 is 2.72 bits per heavy atom. The van der Waals surface area contributed by atoms with Gasteiger partial charge in [0, 0.05) is 13.6 Å². The molecule has 18 heavy (non-hydrogen) atoms. The van der Waals surface area contributed by atoms with E-state index in [-0.39, 0.29) is 17.8 Å². The Labute approximate surface area is 107 Å². The third-order valence-corrected chi connectivity index (χ3v) is 2.85. The molecule has 0 aromatic heterocycles. The third-order valence-electron chi connectivity index (χ3n) is 2.85. The van der Waals surface area contributed by atoms with Crippen molar-refractivity contribution in [1.82, 2.24) is 5.32 Å². The smallest absolute Gasteiger partial charge is 0.322 e. The van der Waals surface area contributed by atoms with Crippen LogP contribution in [0.4, 0.5) is 10.1 Å². The molecule has 1 unspecified atom stereocenters. The second-order valence-electron chi connectivity index (χ2n) is 4.03. The van der Waals surface area contributed by atoms with Gasteiger partial charge in [0.15, 0.2) is 0 Å². The van der Waals surface area contributed by atoms with E-state index in [0.29, 0.717) is 18.7 Å². The molecule has 1 N–H and O–H groups in total. The molecule has 0 aliphatic heterocycles. The Morgan fingerprint density at radius 1 is 1.50 bits per heavy atom. The van der Waals surface area contributed by atoms with Gasteiger partial charge in [-0.2, -0.15) is 0 Å². The molecule has 1 rings (SSSR count). The average molecular weight is 254 g/mol. The number of ether oxygens (including phenoxy) is 1. The van der Waals surface area contributed by atoms with E-state index in [1.165, 1.54) is 13.2 Å². The zero-order valence-electron chi connectivity index (χ0n) is 10.9. The minimum atomic E-state index is -0.371. The summed E-state index contributed by atoms with van der Waals surface area (Å²) in [5.41, 5.74) is 0.525. The molecule has 0 bridgehead atoms. The van der Waals surface area contributed by atoms with Crippen LogP contribution in [0, 0.1) is 5.82 Å². The van der Waals surface area contributed by atoms with Gasteiger partial charge in [-0.05, 0) is 25.6 Å². The topological polar surface area (TPSA) is 41.6 Å². The normalized spacial score (nSPS) is 12.0. The van der Waals surface area contributed by atoms with E-state index in [1.807, 2.05) is 0 Å². The number of hydrogen-bond donors (Lipinski definition) is 1. The first kappa shape index (κ1) is 14.4. The van der Waals surface area contributed by atoms with E-state index in [4.69, 9.17) is 0 Å². The third kappa shape index (κ3) is 3.70. The van der Waals surface area contributed by atoms with Crippen molar-refractivity contribution in [3.63, 3.8) is 0 Å². The molecule has 0 saturated carbocycles. The van der Waals surface area contributed by atoms with Gasteiger partial charge in [0.25, 0.3) is 0 Å². The number of carbonyl (C=O) groups is 1. The number of nitrogens with zero attached hydrogens (tertiary/aromatic N) is 1. The van der Waals surface area contributed by atoms with Crippen molar-refractivity contribution >= 4 is 11.7 Å². The second kappa shape index (κ2) is 6.96. The van der Waals surface area contributed by atoms with Crippen molar-refractivity contribution in [1.29, 1.82) is 0 Å². The van der Waals surface area contributed by atoms with E-state index < -0.39 is 0 Å². The summed E-state index contributed by atoms with van der Waals surface area (Å²) in [4.78, 5) is 13.2. The summed E-state index contributed by atoms with van der Waals surface area (Å²) >= 11 is 0. The van der Waals surface area contributed by atoms with Crippen LogP contribution in [0.1, 0.15) is 6.42 Å². The molecule has 1 atom stereocenters. The first-order valence-corrected chi connectivity index (χ1v) is 5.81. The van der Waals surface area contributed by atoms with E-state index in [1.54, 1.807) is 37.2 Å². The quantitative estimate of drug-likeness (QED) is 0.779. The molecule has 0 amide bonds. The number of anilines is 1. The SMILES string of the molecule is CNC(CCN(C)c1ccccc1F)C(=O)OC. The van der Waals surface area contributed by atoms with Crippen LogP contribution in [0.25, 0.3) is 0 Å². The summed E-state index contributed by atoms with van der Waals surface area (Å²) in [6.07, 6.45) is 0.550. The Morgan fingerprint density at radius 2 is 2.17 bits per heavy atom. The lowest BCUT2D eigenvalue weighted by molar-refractivity contribution is -0.143. The van der Waals surface area contributed by atoms with Crippen molar-refractivity contribution < 1.29 is 13.9 Å². The lowest BCUT2D eigenvalue weighted by Crippen LogP contribution is -2.38. The maximum atomic E-state index is 13.5. The van der Waals surface area contributed by atoms with Crippen molar-refractivity contribution in [2.75, 3.05) is 32.6 Å². The van der Waals surface area contributed by atoms with Crippen LogP contribution in [0.2, 0.25) is 0 Å². The Hall–Kier alpha value is -1.62. The van der Waals surface area contributed by atoms with Gasteiger partial charge in [-0.15, -0.1) is 0 Å². The molecule has 0 spiro atoms. The van der Waals surface area contributed by atoms with Gasteiger partial charge in [-0.3, -0.25) is 4.79 Å². The monoisotopic (exact) mass is 254 g/mol. The molecule has 0 fully saturated rings. The molecule has 0 aliphatic carbocycles. The van der Waals surface area contributed by atoms with Crippen LogP contribution in [0.5, 0.6) is 0 Å². The molecular weight excluding hydrogens is 235 g/mol. The molecule has 100 valence electrons. The summed E-state index contributed by atoms with van der Waals surface area (Å²) in [7, 11) is 4.85. The molecule has 5 heteroatoms. The minimum Gasteiger partial charge on any atom is -0.468 e. The highest BCUT2D eigenvalue weighted by molar-refractivity contribution is 5.75. The van der Waals surface area contributed by atoms with Crippen LogP contribution in [-0.4, -0.2) is 39.8 Å². The van der Waals surface area contributed by atoms with E-state index >= 15 is 0 Å². The number of halogens is 1. The van der Waals surface area contributed by atoms with Crippen LogP contribution in [-0.2, 0) is 9.53 Å². The highest BCUT2D eigenvalue weighted by Gasteiger charge is 2.17. The predicted octanol–water partition coefficient (Wildman–Crippen LogP) is 1.41. The van der Waals surface area contributed by atoms with Crippen molar-refractivity contribution in [3.05, 3.63) is 30.1 Å². The fraction of sp³-hybridized carbons (Fsp3) is 0.462. The Bertz CT molecular complexity index is 398. The number of carbonyl (C=O) groups excluding carboxylic acids is 1. The highest BCUT2D eigenvalue weighted by atomic mass is 19.1. The van der Waals surface area contributed by atoms with Crippen LogP contribution < -0.4 is 10.2 Å².